The minimum Gasteiger partial charge on any atom is -0.348 e. The molecular formula is C21H19NO. The van der Waals surface area contributed by atoms with Crippen LogP contribution in [0.4, 0.5) is 0 Å². The monoisotopic (exact) mass is 301 g/mol. The molecule has 0 bridgehead atoms. The first-order valence-electron chi connectivity index (χ1n) is 7.72. The van der Waals surface area contributed by atoms with Crippen molar-refractivity contribution < 1.29 is 4.79 Å². The summed E-state index contributed by atoms with van der Waals surface area (Å²) in [5.74, 6) is -0.0509. The molecule has 1 N–H and O–H groups in total. The molecular weight excluding hydrogens is 282 g/mol. The molecule has 2 heteroatoms. The molecule has 0 unspecified atom stereocenters. The topological polar surface area (TPSA) is 29.1 Å². The summed E-state index contributed by atoms with van der Waals surface area (Å²) in [6, 6.07) is 25.9. The molecule has 0 aliphatic heterocycles. The smallest absolute Gasteiger partial charge is 0.252 e. The fourth-order valence-electron chi connectivity index (χ4n) is 2.54. The van der Waals surface area contributed by atoms with Crippen molar-refractivity contribution in [1.82, 2.24) is 5.32 Å². The lowest BCUT2D eigenvalue weighted by molar-refractivity contribution is 0.0951. The first-order valence-corrected chi connectivity index (χ1v) is 7.72. The van der Waals surface area contributed by atoms with Gasteiger partial charge in [-0.2, -0.15) is 0 Å². The average Bonchev–Trinajstić information content (AvgIpc) is 2.61. The summed E-state index contributed by atoms with van der Waals surface area (Å²) < 4.78 is 0. The Balaban J connectivity index is 1.82. The standard InChI is InChI=1S/C21H19NO/c1-16-11-13-18(14-12-16)19-9-5-6-10-20(19)21(23)22-15-17-7-3-2-4-8-17/h2-14H,15H2,1H3,(H,22,23). The van der Waals surface area contributed by atoms with Crippen molar-refractivity contribution in [1.29, 1.82) is 0 Å². The predicted octanol–water partition coefficient (Wildman–Crippen LogP) is 4.59. The van der Waals surface area contributed by atoms with Crippen LogP contribution in [-0.4, -0.2) is 5.91 Å². The zero-order chi connectivity index (χ0) is 16.1. The normalized spacial score (nSPS) is 10.3. The molecule has 3 aromatic carbocycles. The van der Waals surface area contributed by atoms with Gasteiger partial charge >= 0.3 is 0 Å². The second kappa shape index (κ2) is 6.93. The molecule has 114 valence electrons. The Morgan fingerprint density at radius 3 is 2.22 bits per heavy atom. The highest BCUT2D eigenvalue weighted by molar-refractivity contribution is 6.00. The number of rotatable bonds is 4. The van der Waals surface area contributed by atoms with Crippen molar-refractivity contribution in [3.63, 3.8) is 0 Å². The molecule has 0 spiro atoms. The van der Waals surface area contributed by atoms with Crippen molar-refractivity contribution >= 4 is 5.91 Å². The van der Waals surface area contributed by atoms with E-state index in [0.29, 0.717) is 12.1 Å². The van der Waals surface area contributed by atoms with Crippen molar-refractivity contribution in [2.75, 3.05) is 0 Å². The van der Waals surface area contributed by atoms with Gasteiger partial charge < -0.3 is 5.32 Å². The van der Waals surface area contributed by atoms with Crippen LogP contribution in [-0.2, 0) is 6.54 Å². The molecule has 23 heavy (non-hydrogen) atoms. The quantitative estimate of drug-likeness (QED) is 0.750. The molecule has 0 saturated heterocycles. The number of hydrogen-bond acceptors (Lipinski definition) is 1. The van der Waals surface area contributed by atoms with Gasteiger partial charge in [-0.3, -0.25) is 4.79 Å². The summed E-state index contributed by atoms with van der Waals surface area (Å²) in [6.07, 6.45) is 0. The van der Waals surface area contributed by atoms with Crippen LogP contribution in [0.3, 0.4) is 0 Å². The van der Waals surface area contributed by atoms with Crippen molar-refractivity contribution in [2.45, 2.75) is 13.5 Å². The number of aryl methyl sites for hydroxylation is 1. The van der Waals surface area contributed by atoms with Gasteiger partial charge in [-0.05, 0) is 29.7 Å². The molecule has 0 saturated carbocycles. The number of carbonyl (C=O) groups is 1. The highest BCUT2D eigenvalue weighted by Crippen LogP contribution is 2.24. The van der Waals surface area contributed by atoms with Gasteiger partial charge in [0.25, 0.3) is 5.91 Å². The Morgan fingerprint density at radius 1 is 0.826 bits per heavy atom. The highest BCUT2D eigenvalue weighted by Gasteiger charge is 2.11. The zero-order valence-corrected chi connectivity index (χ0v) is 13.1. The lowest BCUT2D eigenvalue weighted by Gasteiger charge is -2.11. The van der Waals surface area contributed by atoms with Gasteiger partial charge in [-0.25, -0.2) is 0 Å². The summed E-state index contributed by atoms with van der Waals surface area (Å²) >= 11 is 0. The third-order valence-electron chi connectivity index (χ3n) is 3.83. The van der Waals surface area contributed by atoms with E-state index in [0.717, 1.165) is 16.7 Å². The second-order valence-electron chi connectivity index (χ2n) is 5.58. The third-order valence-corrected chi connectivity index (χ3v) is 3.83. The summed E-state index contributed by atoms with van der Waals surface area (Å²) in [5.41, 5.74) is 5.01. The van der Waals surface area contributed by atoms with Crippen LogP contribution in [0.1, 0.15) is 21.5 Å². The Hall–Kier alpha value is -2.87. The summed E-state index contributed by atoms with van der Waals surface area (Å²) in [5, 5.41) is 3.00. The van der Waals surface area contributed by atoms with E-state index in [1.807, 2.05) is 54.6 Å². The van der Waals surface area contributed by atoms with Gasteiger partial charge in [0.2, 0.25) is 0 Å². The van der Waals surface area contributed by atoms with Crippen LogP contribution in [0.2, 0.25) is 0 Å². The summed E-state index contributed by atoms with van der Waals surface area (Å²) in [7, 11) is 0. The minimum atomic E-state index is -0.0509. The minimum absolute atomic E-state index is 0.0509. The van der Waals surface area contributed by atoms with Crippen LogP contribution in [0.5, 0.6) is 0 Å². The molecule has 0 atom stereocenters. The van der Waals surface area contributed by atoms with Crippen LogP contribution < -0.4 is 5.32 Å². The van der Waals surface area contributed by atoms with Crippen molar-refractivity contribution in [2.24, 2.45) is 0 Å². The van der Waals surface area contributed by atoms with Crippen LogP contribution in [0, 0.1) is 6.92 Å². The molecule has 0 aliphatic rings. The molecule has 0 fully saturated rings. The zero-order valence-electron chi connectivity index (χ0n) is 13.1. The maximum absolute atomic E-state index is 12.6. The fourth-order valence-corrected chi connectivity index (χ4v) is 2.54. The van der Waals surface area contributed by atoms with E-state index in [4.69, 9.17) is 0 Å². The first-order chi connectivity index (χ1) is 11.2. The van der Waals surface area contributed by atoms with Gasteiger partial charge in [-0.15, -0.1) is 0 Å². The van der Waals surface area contributed by atoms with Gasteiger partial charge in [0, 0.05) is 12.1 Å². The molecule has 1 amide bonds. The predicted molar refractivity (Wildman–Crippen MR) is 94.2 cm³/mol. The Labute approximate surface area is 136 Å². The summed E-state index contributed by atoms with van der Waals surface area (Å²) in [4.78, 5) is 12.6. The number of carbonyl (C=O) groups excluding carboxylic acids is 1. The van der Waals surface area contributed by atoms with Crippen LogP contribution in [0.25, 0.3) is 11.1 Å². The van der Waals surface area contributed by atoms with Gasteiger partial charge in [0.15, 0.2) is 0 Å². The molecule has 3 aromatic rings. The third kappa shape index (κ3) is 3.67. The Kier molecular flexibility index (Phi) is 4.53. The number of amides is 1. The van der Waals surface area contributed by atoms with Crippen molar-refractivity contribution in [3.05, 3.63) is 95.6 Å². The summed E-state index contributed by atoms with van der Waals surface area (Å²) in [6.45, 7) is 2.59. The molecule has 0 aliphatic carbocycles. The lowest BCUT2D eigenvalue weighted by Crippen LogP contribution is -2.23. The SMILES string of the molecule is Cc1ccc(-c2ccccc2C(=O)NCc2ccccc2)cc1. The van der Waals surface area contributed by atoms with Gasteiger partial charge in [0.05, 0.1) is 0 Å². The van der Waals surface area contributed by atoms with E-state index in [9.17, 15) is 4.79 Å². The van der Waals surface area contributed by atoms with E-state index >= 15 is 0 Å². The number of benzene rings is 3. The number of nitrogens with one attached hydrogen (secondary N) is 1. The average molecular weight is 301 g/mol. The largest absolute Gasteiger partial charge is 0.348 e. The van der Waals surface area contributed by atoms with E-state index in [1.165, 1.54) is 5.56 Å². The maximum atomic E-state index is 12.6. The van der Waals surface area contributed by atoms with Crippen molar-refractivity contribution in [3.8, 4) is 11.1 Å². The second-order valence-corrected chi connectivity index (χ2v) is 5.58. The van der Waals surface area contributed by atoms with Crippen LogP contribution in [0.15, 0.2) is 78.9 Å². The van der Waals surface area contributed by atoms with Crippen LogP contribution >= 0.6 is 0 Å². The number of hydrogen-bond donors (Lipinski definition) is 1. The molecule has 0 radical (unpaired) electrons. The molecule has 0 aromatic heterocycles. The lowest BCUT2D eigenvalue weighted by atomic mass is 9.98. The van der Waals surface area contributed by atoms with E-state index < -0.39 is 0 Å². The van der Waals surface area contributed by atoms with E-state index in [2.05, 4.69) is 36.5 Å². The van der Waals surface area contributed by atoms with Gasteiger partial charge in [-0.1, -0.05) is 78.4 Å². The first kappa shape index (κ1) is 15.0. The molecule has 0 heterocycles. The molecule has 2 nitrogen and oxygen atoms in total. The molecule has 3 rings (SSSR count). The Morgan fingerprint density at radius 2 is 1.48 bits per heavy atom. The van der Waals surface area contributed by atoms with Gasteiger partial charge in [0.1, 0.15) is 0 Å². The Bertz CT molecular complexity index is 792. The van der Waals surface area contributed by atoms with E-state index in [1.54, 1.807) is 0 Å². The maximum Gasteiger partial charge on any atom is 0.252 e. The highest BCUT2D eigenvalue weighted by atomic mass is 16.1. The fraction of sp³-hybridized carbons (Fsp3) is 0.0952. The van der Waals surface area contributed by atoms with E-state index in [-0.39, 0.29) is 5.91 Å².